The monoisotopic (exact) mass is 505 g/mol. The van der Waals surface area contributed by atoms with Crippen molar-refractivity contribution >= 4 is 23.4 Å². The average molecular weight is 506 g/mol. The highest BCUT2D eigenvalue weighted by Gasteiger charge is 2.73. The smallest absolute Gasteiger partial charge is 0.246 e. The molecule has 2 saturated carbocycles. The lowest BCUT2D eigenvalue weighted by Crippen LogP contribution is -2.58. The summed E-state index contributed by atoms with van der Waals surface area (Å²) in [6, 6.07) is 5.27. The molecule has 6 rings (SSSR count). The van der Waals surface area contributed by atoms with Crippen LogP contribution in [0, 0.1) is 25.7 Å². The SMILES string of the molecule is Cc1ccc(NC(=O)[C@H]2[C@H]3C=C[C@]4(O3)[C@H](C(=O)NC3CCCCC3)N(C3CCCCC3)C(=O)[C@@H]24)cc1C. The molecule has 1 spiro atoms. The van der Waals surface area contributed by atoms with E-state index in [2.05, 4.69) is 10.6 Å². The van der Waals surface area contributed by atoms with Crippen molar-refractivity contribution in [3.63, 3.8) is 0 Å². The maximum absolute atomic E-state index is 14.2. The van der Waals surface area contributed by atoms with Gasteiger partial charge in [-0.15, -0.1) is 0 Å². The molecule has 5 atom stereocenters. The predicted molar refractivity (Wildman–Crippen MR) is 141 cm³/mol. The molecule has 0 radical (unpaired) electrons. The molecule has 1 aromatic rings. The van der Waals surface area contributed by atoms with Crippen molar-refractivity contribution in [2.45, 2.75) is 108 Å². The van der Waals surface area contributed by atoms with Gasteiger partial charge in [-0.1, -0.05) is 56.7 Å². The number of aryl methyl sites for hydroxylation is 2. The van der Waals surface area contributed by atoms with Gasteiger partial charge in [0.15, 0.2) is 0 Å². The number of likely N-dealkylation sites (tertiary alicyclic amines) is 1. The molecule has 7 nitrogen and oxygen atoms in total. The Labute approximate surface area is 219 Å². The summed E-state index contributed by atoms with van der Waals surface area (Å²) in [5.41, 5.74) is 1.89. The van der Waals surface area contributed by atoms with Crippen LogP contribution in [-0.4, -0.2) is 52.5 Å². The number of fused-ring (bicyclic) bond motifs is 1. The van der Waals surface area contributed by atoms with Crippen LogP contribution < -0.4 is 10.6 Å². The quantitative estimate of drug-likeness (QED) is 0.588. The molecule has 2 aliphatic carbocycles. The van der Waals surface area contributed by atoms with Gasteiger partial charge in [0.05, 0.1) is 17.9 Å². The molecular formula is C30H39N3O4. The van der Waals surface area contributed by atoms with Crippen molar-refractivity contribution in [3.8, 4) is 0 Å². The standard InChI is InChI=1S/C30H39N3O4/c1-18-13-14-21(17-19(18)2)32-27(34)24-23-15-16-30(37-23)25(24)29(36)33(22-11-7-4-8-12-22)26(30)28(35)31-20-9-5-3-6-10-20/h13-17,20,22-26H,3-12H2,1-2H3,(H,31,35)(H,32,34)/t23-,24+,25-,26+,30-/m1/s1. The number of anilines is 1. The topological polar surface area (TPSA) is 87.7 Å². The molecule has 4 fully saturated rings. The van der Waals surface area contributed by atoms with Gasteiger partial charge in [0.1, 0.15) is 11.6 Å². The third kappa shape index (κ3) is 4.10. The van der Waals surface area contributed by atoms with E-state index >= 15 is 0 Å². The Morgan fingerprint density at radius 2 is 1.65 bits per heavy atom. The average Bonchev–Trinajstić information content (AvgIpc) is 3.54. The van der Waals surface area contributed by atoms with Crippen molar-refractivity contribution in [3.05, 3.63) is 41.5 Å². The Kier molecular flexibility index (Phi) is 6.38. The normalized spacial score (nSPS) is 33.6. The van der Waals surface area contributed by atoms with E-state index in [4.69, 9.17) is 4.74 Å². The second-order valence-electron chi connectivity index (χ2n) is 11.9. The van der Waals surface area contributed by atoms with Gasteiger partial charge in [-0.2, -0.15) is 0 Å². The van der Waals surface area contributed by atoms with Crippen LogP contribution in [0.3, 0.4) is 0 Å². The zero-order valence-electron chi connectivity index (χ0n) is 22.0. The Balaban J connectivity index is 1.31. The van der Waals surface area contributed by atoms with E-state index in [0.29, 0.717) is 0 Å². The fourth-order valence-corrected chi connectivity index (χ4v) is 7.53. The van der Waals surface area contributed by atoms with Gasteiger partial charge in [-0.3, -0.25) is 14.4 Å². The minimum absolute atomic E-state index is 0.0165. The van der Waals surface area contributed by atoms with E-state index in [1.807, 2.05) is 49.1 Å². The first-order valence-electron chi connectivity index (χ1n) is 14.3. The first-order valence-corrected chi connectivity index (χ1v) is 14.3. The molecule has 0 unspecified atom stereocenters. The summed E-state index contributed by atoms with van der Waals surface area (Å²) < 4.78 is 6.52. The van der Waals surface area contributed by atoms with Gasteiger partial charge in [-0.05, 0) is 62.8 Å². The Morgan fingerprint density at radius 3 is 2.35 bits per heavy atom. The van der Waals surface area contributed by atoms with E-state index < -0.39 is 29.6 Å². The van der Waals surface area contributed by atoms with E-state index in [1.165, 1.54) is 6.42 Å². The van der Waals surface area contributed by atoms with Crippen LogP contribution in [0.2, 0.25) is 0 Å². The number of nitrogens with one attached hydrogen (secondary N) is 2. The molecular weight excluding hydrogens is 466 g/mol. The van der Waals surface area contributed by atoms with Gasteiger partial charge < -0.3 is 20.3 Å². The second kappa shape index (κ2) is 9.57. The number of hydrogen-bond donors (Lipinski definition) is 2. The number of carbonyl (C=O) groups excluding carboxylic acids is 3. The van der Waals surface area contributed by atoms with Gasteiger partial charge in [0.25, 0.3) is 0 Å². The van der Waals surface area contributed by atoms with Gasteiger partial charge in [-0.25, -0.2) is 0 Å². The zero-order chi connectivity index (χ0) is 25.7. The minimum Gasteiger partial charge on any atom is -0.359 e. The maximum Gasteiger partial charge on any atom is 0.246 e. The summed E-state index contributed by atoms with van der Waals surface area (Å²) in [5, 5.41) is 6.34. The third-order valence-corrected chi connectivity index (χ3v) is 9.56. The molecule has 0 aromatic heterocycles. The van der Waals surface area contributed by atoms with Crippen LogP contribution >= 0.6 is 0 Å². The summed E-state index contributed by atoms with van der Waals surface area (Å²) in [7, 11) is 0. The molecule has 3 heterocycles. The highest BCUT2D eigenvalue weighted by atomic mass is 16.5. The number of amides is 3. The number of nitrogens with zero attached hydrogens (tertiary/aromatic N) is 1. The van der Waals surface area contributed by atoms with Gasteiger partial charge in [0, 0.05) is 17.8 Å². The van der Waals surface area contributed by atoms with Crippen LogP contribution in [0.15, 0.2) is 30.4 Å². The molecule has 37 heavy (non-hydrogen) atoms. The third-order valence-electron chi connectivity index (χ3n) is 9.56. The van der Waals surface area contributed by atoms with Gasteiger partial charge in [0.2, 0.25) is 17.7 Å². The number of rotatable bonds is 5. The fourth-order valence-electron chi connectivity index (χ4n) is 7.53. The second-order valence-corrected chi connectivity index (χ2v) is 11.9. The lowest BCUT2D eigenvalue weighted by Gasteiger charge is -2.39. The van der Waals surface area contributed by atoms with Crippen molar-refractivity contribution < 1.29 is 19.1 Å². The highest BCUT2D eigenvalue weighted by molar-refractivity contribution is 6.03. The van der Waals surface area contributed by atoms with Crippen LogP contribution in [0.1, 0.15) is 75.3 Å². The van der Waals surface area contributed by atoms with Crippen molar-refractivity contribution in [1.29, 1.82) is 0 Å². The number of hydrogen-bond acceptors (Lipinski definition) is 4. The summed E-state index contributed by atoms with van der Waals surface area (Å²) in [6.45, 7) is 4.05. The van der Waals surface area contributed by atoms with Gasteiger partial charge >= 0.3 is 0 Å². The molecule has 2 saturated heterocycles. The van der Waals surface area contributed by atoms with E-state index in [1.54, 1.807) is 0 Å². The number of carbonyl (C=O) groups is 3. The molecule has 198 valence electrons. The van der Waals surface area contributed by atoms with Crippen molar-refractivity contribution in [1.82, 2.24) is 10.2 Å². The predicted octanol–water partition coefficient (Wildman–Crippen LogP) is 4.17. The van der Waals surface area contributed by atoms with Crippen LogP contribution in [0.4, 0.5) is 5.69 Å². The maximum atomic E-state index is 14.2. The summed E-state index contributed by atoms with van der Waals surface area (Å²) in [5.74, 6) is -1.76. The molecule has 3 aliphatic heterocycles. The first-order chi connectivity index (χ1) is 17.9. The molecule has 3 amide bonds. The molecule has 2 bridgehead atoms. The largest absolute Gasteiger partial charge is 0.359 e. The Hall–Kier alpha value is -2.67. The van der Waals surface area contributed by atoms with E-state index in [0.717, 1.165) is 74.6 Å². The Morgan fingerprint density at radius 1 is 0.946 bits per heavy atom. The van der Waals surface area contributed by atoms with E-state index in [-0.39, 0.29) is 29.8 Å². The van der Waals surface area contributed by atoms with Crippen LogP contribution in [0.25, 0.3) is 0 Å². The lowest BCUT2D eigenvalue weighted by atomic mass is 9.74. The summed E-state index contributed by atoms with van der Waals surface area (Å²) in [4.78, 5) is 43.7. The molecule has 2 N–H and O–H groups in total. The van der Waals surface area contributed by atoms with E-state index in [9.17, 15) is 14.4 Å². The number of benzene rings is 1. The van der Waals surface area contributed by atoms with Crippen molar-refractivity contribution in [2.24, 2.45) is 11.8 Å². The Bertz CT molecular complexity index is 1120. The van der Waals surface area contributed by atoms with Crippen LogP contribution in [0.5, 0.6) is 0 Å². The number of ether oxygens (including phenoxy) is 1. The summed E-state index contributed by atoms with van der Waals surface area (Å²) >= 11 is 0. The minimum atomic E-state index is -1.08. The first kappa shape index (κ1) is 24.7. The molecule has 1 aromatic carbocycles. The molecule has 7 heteroatoms. The fraction of sp³-hybridized carbons (Fsp3) is 0.633. The van der Waals surface area contributed by atoms with Crippen molar-refractivity contribution in [2.75, 3.05) is 5.32 Å². The summed E-state index contributed by atoms with van der Waals surface area (Å²) in [6.07, 6.45) is 13.8. The van der Waals surface area contributed by atoms with Crippen LogP contribution in [-0.2, 0) is 19.1 Å². The zero-order valence-corrected chi connectivity index (χ0v) is 22.0. The highest BCUT2D eigenvalue weighted by Crippen LogP contribution is 2.56. The lowest BCUT2D eigenvalue weighted by molar-refractivity contribution is -0.144. The molecule has 5 aliphatic rings.